The number of aromatic hydroxyl groups is 1. The van der Waals surface area contributed by atoms with Crippen LogP contribution in [0.15, 0.2) is 12.1 Å². The van der Waals surface area contributed by atoms with Crippen molar-refractivity contribution in [2.45, 2.75) is 13.3 Å². The Balaban J connectivity index is 3.29. The van der Waals surface area contributed by atoms with Crippen molar-refractivity contribution in [3.8, 4) is 5.75 Å². The minimum Gasteiger partial charge on any atom is -0.506 e. The van der Waals surface area contributed by atoms with Gasteiger partial charge in [-0.2, -0.15) is 0 Å². The molecule has 60 valence electrons. The molecule has 0 saturated carbocycles. The first-order valence-corrected chi connectivity index (χ1v) is 3.52. The Bertz CT molecular complexity index is 271. The maximum atomic E-state index is 9.18. The number of hydrogen-bond acceptors (Lipinski definition) is 3. The molecule has 11 heavy (non-hydrogen) atoms. The van der Waals surface area contributed by atoms with Crippen LogP contribution in [0.4, 0.5) is 11.4 Å². The van der Waals surface area contributed by atoms with Gasteiger partial charge in [0.2, 0.25) is 0 Å². The van der Waals surface area contributed by atoms with Crippen molar-refractivity contribution in [3.63, 3.8) is 0 Å². The lowest BCUT2D eigenvalue weighted by molar-refractivity contribution is 0.477. The summed E-state index contributed by atoms with van der Waals surface area (Å²) in [6, 6.07) is 3.16. The Morgan fingerprint density at radius 2 is 2.00 bits per heavy atom. The summed E-state index contributed by atoms with van der Waals surface area (Å²) in [5.41, 5.74) is 13.0. The Hall–Kier alpha value is -1.38. The first kappa shape index (κ1) is 7.72. The second-order valence-electron chi connectivity index (χ2n) is 2.42. The van der Waals surface area contributed by atoms with Crippen LogP contribution in [-0.2, 0) is 6.42 Å². The molecular weight excluding hydrogens is 140 g/mol. The molecule has 0 aliphatic heterocycles. The highest BCUT2D eigenvalue weighted by Gasteiger charge is 2.04. The van der Waals surface area contributed by atoms with Gasteiger partial charge in [0.05, 0.1) is 5.69 Å². The molecule has 0 saturated heterocycles. The fourth-order valence-electron chi connectivity index (χ4n) is 1.06. The molecule has 3 nitrogen and oxygen atoms in total. The van der Waals surface area contributed by atoms with Gasteiger partial charge in [0, 0.05) is 11.3 Å². The number of anilines is 2. The van der Waals surface area contributed by atoms with Crippen LogP contribution in [0.25, 0.3) is 0 Å². The first-order chi connectivity index (χ1) is 5.16. The third-order valence-corrected chi connectivity index (χ3v) is 1.72. The molecule has 1 aromatic carbocycles. The number of nitrogen functional groups attached to an aromatic ring is 2. The van der Waals surface area contributed by atoms with E-state index >= 15 is 0 Å². The molecule has 0 amide bonds. The van der Waals surface area contributed by atoms with Gasteiger partial charge >= 0.3 is 0 Å². The van der Waals surface area contributed by atoms with Gasteiger partial charge in [-0.15, -0.1) is 0 Å². The van der Waals surface area contributed by atoms with E-state index in [9.17, 15) is 5.11 Å². The molecule has 5 N–H and O–H groups in total. The fourth-order valence-corrected chi connectivity index (χ4v) is 1.06. The number of hydrogen-bond donors (Lipinski definition) is 3. The van der Waals surface area contributed by atoms with Crippen LogP contribution in [0.2, 0.25) is 0 Å². The van der Waals surface area contributed by atoms with Crippen LogP contribution < -0.4 is 11.5 Å². The molecule has 0 radical (unpaired) electrons. The molecule has 0 aliphatic rings. The van der Waals surface area contributed by atoms with Crippen molar-refractivity contribution in [2.24, 2.45) is 0 Å². The van der Waals surface area contributed by atoms with Crippen LogP contribution in [0.5, 0.6) is 5.75 Å². The van der Waals surface area contributed by atoms with E-state index in [-0.39, 0.29) is 5.75 Å². The number of nitrogens with two attached hydrogens (primary N) is 2. The molecule has 0 fully saturated rings. The minimum absolute atomic E-state index is 0.107. The van der Waals surface area contributed by atoms with Crippen molar-refractivity contribution in [3.05, 3.63) is 17.7 Å². The van der Waals surface area contributed by atoms with Crippen LogP contribution >= 0.6 is 0 Å². The number of benzene rings is 1. The molecule has 0 spiro atoms. The van der Waals surface area contributed by atoms with E-state index in [1.165, 1.54) is 6.07 Å². The maximum Gasteiger partial charge on any atom is 0.138 e. The fraction of sp³-hybridized carbons (Fsp3) is 0.250. The zero-order valence-corrected chi connectivity index (χ0v) is 6.46. The second kappa shape index (κ2) is 2.70. The topological polar surface area (TPSA) is 72.3 Å². The largest absolute Gasteiger partial charge is 0.506 e. The third-order valence-electron chi connectivity index (χ3n) is 1.72. The zero-order valence-electron chi connectivity index (χ0n) is 6.46. The molecule has 1 aromatic rings. The Morgan fingerprint density at radius 3 is 2.45 bits per heavy atom. The Labute approximate surface area is 65.6 Å². The number of phenols is 1. The molecule has 1 rings (SSSR count). The van der Waals surface area contributed by atoms with E-state index in [4.69, 9.17) is 11.5 Å². The Kier molecular flexibility index (Phi) is 1.89. The van der Waals surface area contributed by atoms with E-state index in [0.29, 0.717) is 11.4 Å². The predicted molar refractivity (Wildman–Crippen MR) is 46.3 cm³/mol. The van der Waals surface area contributed by atoms with E-state index in [2.05, 4.69) is 0 Å². The first-order valence-electron chi connectivity index (χ1n) is 3.52. The van der Waals surface area contributed by atoms with Crippen LogP contribution in [-0.4, -0.2) is 5.11 Å². The van der Waals surface area contributed by atoms with E-state index < -0.39 is 0 Å². The summed E-state index contributed by atoms with van der Waals surface area (Å²) in [4.78, 5) is 0. The van der Waals surface area contributed by atoms with Gasteiger partial charge < -0.3 is 16.6 Å². The summed E-state index contributed by atoms with van der Waals surface area (Å²) in [6.45, 7) is 1.95. The van der Waals surface area contributed by atoms with Crippen molar-refractivity contribution in [2.75, 3.05) is 11.5 Å². The molecule has 0 aromatic heterocycles. The lowest BCUT2D eigenvalue weighted by atomic mass is 10.1. The lowest BCUT2D eigenvalue weighted by Crippen LogP contribution is -1.98. The minimum atomic E-state index is 0.107. The van der Waals surface area contributed by atoms with Crippen LogP contribution in [0, 0.1) is 0 Å². The molecule has 3 heteroatoms. The van der Waals surface area contributed by atoms with E-state index in [1.54, 1.807) is 6.07 Å². The molecule has 0 heterocycles. The maximum absolute atomic E-state index is 9.18. The summed E-state index contributed by atoms with van der Waals surface area (Å²) in [6.07, 6.45) is 0.742. The lowest BCUT2D eigenvalue weighted by Gasteiger charge is -2.07. The van der Waals surface area contributed by atoms with Crippen LogP contribution in [0.3, 0.4) is 0 Å². The summed E-state index contributed by atoms with van der Waals surface area (Å²) in [5, 5.41) is 9.18. The predicted octanol–water partition coefficient (Wildman–Crippen LogP) is 1.12. The van der Waals surface area contributed by atoms with Gasteiger partial charge in [0.15, 0.2) is 0 Å². The molecule has 0 aliphatic carbocycles. The van der Waals surface area contributed by atoms with Gasteiger partial charge in [-0.25, -0.2) is 0 Å². The number of rotatable bonds is 1. The Morgan fingerprint density at radius 1 is 1.36 bits per heavy atom. The standard InChI is InChI=1S/C8H12N2O/c1-2-5-6(9)3-4-7(11)8(5)10/h3-4,11H,2,9-10H2,1H3. The van der Waals surface area contributed by atoms with Gasteiger partial charge in [-0.1, -0.05) is 6.92 Å². The average molecular weight is 152 g/mol. The quantitative estimate of drug-likeness (QED) is 0.321. The highest BCUT2D eigenvalue weighted by molar-refractivity contribution is 5.67. The molecule has 0 atom stereocenters. The smallest absolute Gasteiger partial charge is 0.138 e. The summed E-state index contributed by atoms with van der Waals surface area (Å²) in [7, 11) is 0. The normalized spacial score (nSPS) is 9.91. The summed E-state index contributed by atoms with van der Waals surface area (Å²) in [5.74, 6) is 0.107. The van der Waals surface area contributed by atoms with Gasteiger partial charge in [-0.05, 0) is 18.6 Å². The van der Waals surface area contributed by atoms with Gasteiger partial charge in [-0.3, -0.25) is 0 Å². The second-order valence-corrected chi connectivity index (χ2v) is 2.42. The third kappa shape index (κ3) is 1.22. The van der Waals surface area contributed by atoms with Crippen molar-refractivity contribution >= 4 is 11.4 Å². The molecule has 0 unspecified atom stereocenters. The van der Waals surface area contributed by atoms with E-state index in [0.717, 1.165) is 12.0 Å². The van der Waals surface area contributed by atoms with Gasteiger partial charge in [0.25, 0.3) is 0 Å². The van der Waals surface area contributed by atoms with E-state index in [1.807, 2.05) is 6.92 Å². The molecule has 0 bridgehead atoms. The highest BCUT2D eigenvalue weighted by Crippen LogP contribution is 2.28. The summed E-state index contributed by atoms with van der Waals surface area (Å²) < 4.78 is 0. The monoisotopic (exact) mass is 152 g/mol. The van der Waals surface area contributed by atoms with Gasteiger partial charge in [0.1, 0.15) is 5.75 Å². The van der Waals surface area contributed by atoms with Crippen molar-refractivity contribution in [1.82, 2.24) is 0 Å². The zero-order chi connectivity index (χ0) is 8.43. The van der Waals surface area contributed by atoms with Crippen molar-refractivity contribution < 1.29 is 5.11 Å². The highest BCUT2D eigenvalue weighted by atomic mass is 16.3. The SMILES string of the molecule is CCc1c(N)ccc(O)c1N. The average Bonchev–Trinajstić information content (AvgIpc) is 1.99. The van der Waals surface area contributed by atoms with Crippen molar-refractivity contribution in [1.29, 1.82) is 0 Å². The summed E-state index contributed by atoms with van der Waals surface area (Å²) >= 11 is 0. The van der Waals surface area contributed by atoms with Crippen LogP contribution in [0.1, 0.15) is 12.5 Å². The molecular formula is C8H12N2O. The number of phenolic OH excluding ortho intramolecular Hbond substituents is 1.